The fraction of sp³-hybridized carbons (Fsp3) is 0.538. The number of hydrogen-bond acceptors (Lipinski definition) is 7. The molecule has 0 aromatic carbocycles. The van der Waals surface area contributed by atoms with E-state index < -0.39 is 5.97 Å². The molecule has 6 nitrogen and oxygen atoms in total. The molecule has 1 aromatic heterocycles. The van der Waals surface area contributed by atoms with Gasteiger partial charge >= 0.3 is 5.97 Å². The molecule has 0 unspecified atom stereocenters. The number of ketones is 1. The van der Waals surface area contributed by atoms with Gasteiger partial charge in [-0.25, -0.2) is 4.79 Å². The van der Waals surface area contributed by atoms with E-state index in [2.05, 4.69) is 0 Å². The molecule has 0 radical (unpaired) electrons. The number of carbonyl (C=O) groups excluding carboxylic acids is 2. The highest BCUT2D eigenvalue weighted by Crippen LogP contribution is 2.38. The van der Waals surface area contributed by atoms with Gasteiger partial charge in [-0.05, 0) is 14.1 Å². The number of nitrogens with two attached hydrogens (primary N) is 1. The summed E-state index contributed by atoms with van der Waals surface area (Å²) in [5.74, 6) is -0.664. The molecule has 20 heavy (non-hydrogen) atoms. The summed E-state index contributed by atoms with van der Waals surface area (Å²) in [7, 11) is 7.11. The van der Waals surface area contributed by atoms with Crippen LogP contribution >= 0.6 is 11.3 Å². The topological polar surface area (TPSA) is 75.9 Å². The minimum absolute atomic E-state index is 0.148. The summed E-state index contributed by atoms with van der Waals surface area (Å²) in [5, 5.41) is 0.668. The Morgan fingerprint density at radius 1 is 1.25 bits per heavy atom. The smallest absolute Gasteiger partial charge is 0.343 e. The summed E-state index contributed by atoms with van der Waals surface area (Å²) in [4.78, 5) is 27.8. The van der Waals surface area contributed by atoms with Crippen molar-refractivity contribution < 1.29 is 14.3 Å². The Balaban J connectivity index is 3.19. The second-order valence-electron chi connectivity index (χ2n) is 4.80. The summed E-state index contributed by atoms with van der Waals surface area (Å²) < 4.78 is 4.77. The number of thiophene rings is 1. The van der Waals surface area contributed by atoms with E-state index in [1.54, 1.807) is 0 Å². The molecule has 0 spiro atoms. The number of Topliss-reactive ketones (excluding diaryl/α,β-unsaturated/α-hetero) is 1. The van der Waals surface area contributed by atoms with E-state index in [4.69, 9.17) is 10.5 Å². The zero-order valence-electron chi connectivity index (χ0n) is 12.5. The predicted molar refractivity (Wildman–Crippen MR) is 81.9 cm³/mol. The minimum Gasteiger partial charge on any atom is -0.465 e. The zero-order valence-corrected chi connectivity index (χ0v) is 13.3. The Bertz CT molecular complexity index is 511. The normalized spacial score (nSPS) is 10.7. The molecule has 112 valence electrons. The molecule has 0 aliphatic carbocycles. The maximum atomic E-state index is 11.9. The molecule has 2 N–H and O–H groups in total. The number of carbonyl (C=O) groups is 2. The lowest BCUT2D eigenvalue weighted by molar-refractivity contribution is 0.0603. The highest BCUT2D eigenvalue weighted by atomic mass is 32.1. The molecule has 0 aliphatic rings. The Labute approximate surface area is 123 Å². The van der Waals surface area contributed by atoms with Gasteiger partial charge in [0.1, 0.15) is 10.6 Å². The Morgan fingerprint density at radius 2 is 1.85 bits per heavy atom. The third-order valence-electron chi connectivity index (χ3n) is 2.87. The number of esters is 1. The first kappa shape index (κ1) is 16.5. The number of nitrogens with zero attached hydrogens (tertiary/aromatic N) is 2. The van der Waals surface area contributed by atoms with Crippen molar-refractivity contribution in [3.05, 3.63) is 10.4 Å². The quantitative estimate of drug-likeness (QED) is 0.630. The zero-order chi connectivity index (χ0) is 15.4. The summed E-state index contributed by atoms with van der Waals surface area (Å²) in [6.45, 7) is 2.98. The number of ether oxygens (including phenoxy) is 1. The lowest BCUT2D eigenvalue weighted by Gasteiger charge is -2.20. The largest absolute Gasteiger partial charge is 0.465 e. The molecule has 0 bridgehead atoms. The fourth-order valence-electron chi connectivity index (χ4n) is 1.71. The van der Waals surface area contributed by atoms with E-state index in [1.165, 1.54) is 25.4 Å². The molecule has 0 amide bonds. The van der Waals surface area contributed by atoms with Gasteiger partial charge in [0, 0.05) is 27.1 Å². The van der Waals surface area contributed by atoms with Crippen molar-refractivity contribution >= 4 is 33.8 Å². The van der Waals surface area contributed by atoms with Gasteiger partial charge in [-0.15, -0.1) is 11.3 Å². The van der Waals surface area contributed by atoms with Crippen molar-refractivity contribution in [2.24, 2.45) is 0 Å². The Morgan fingerprint density at radius 3 is 2.30 bits per heavy atom. The number of rotatable bonds is 6. The van der Waals surface area contributed by atoms with Crippen LogP contribution in [0.5, 0.6) is 0 Å². The third kappa shape index (κ3) is 3.49. The number of hydrogen-bond donors (Lipinski definition) is 1. The number of nitrogen functional groups attached to an aromatic ring is 1. The molecule has 1 heterocycles. The van der Waals surface area contributed by atoms with Crippen LogP contribution in [0, 0.1) is 0 Å². The van der Waals surface area contributed by atoms with Crippen LogP contribution < -0.4 is 10.6 Å². The van der Waals surface area contributed by atoms with Crippen LogP contribution in [0.3, 0.4) is 0 Å². The van der Waals surface area contributed by atoms with Crippen LogP contribution in [0.4, 0.5) is 10.7 Å². The van der Waals surface area contributed by atoms with Crippen LogP contribution in [0.2, 0.25) is 0 Å². The first-order valence-corrected chi connectivity index (χ1v) is 6.98. The van der Waals surface area contributed by atoms with E-state index in [-0.39, 0.29) is 17.0 Å². The van der Waals surface area contributed by atoms with Gasteiger partial charge in [-0.1, -0.05) is 0 Å². The molecule has 1 aromatic rings. The van der Waals surface area contributed by atoms with E-state index in [9.17, 15) is 9.59 Å². The van der Waals surface area contributed by atoms with E-state index >= 15 is 0 Å². The average molecular weight is 299 g/mol. The monoisotopic (exact) mass is 299 g/mol. The maximum Gasteiger partial charge on any atom is 0.343 e. The highest BCUT2D eigenvalue weighted by molar-refractivity contribution is 7.19. The lowest BCUT2D eigenvalue weighted by Crippen LogP contribution is -2.29. The lowest BCUT2D eigenvalue weighted by atomic mass is 10.2. The van der Waals surface area contributed by atoms with E-state index in [0.717, 1.165) is 6.54 Å². The predicted octanol–water partition coefficient (Wildman–Crippen LogP) is 1.32. The SMILES string of the molecule is COC(=O)c1c(N(C)CCN(C)C)sc(C(C)=O)c1N. The molecule has 1 rings (SSSR count). The first-order chi connectivity index (χ1) is 9.29. The number of likely N-dealkylation sites (N-methyl/N-ethyl adjacent to an activating group) is 2. The average Bonchev–Trinajstić information content (AvgIpc) is 2.72. The van der Waals surface area contributed by atoms with Crippen LogP contribution in [0.25, 0.3) is 0 Å². The van der Waals surface area contributed by atoms with E-state index in [1.807, 2.05) is 30.9 Å². The number of anilines is 2. The fourth-order valence-corrected chi connectivity index (χ4v) is 2.80. The highest BCUT2D eigenvalue weighted by Gasteiger charge is 2.26. The van der Waals surface area contributed by atoms with Crippen molar-refractivity contribution in [2.45, 2.75) is 6.92 Å². The van der Waals surface area contributed by atoms with Gasteiger partial charge in [-0.2, -0.15) is 0 Å². The molecule has 0 aliphatic heterocycles. The molecular formula is C13H21N3O3S. The standard InChI is InChI=1S/C13H21N3O3S/c1-8(17)11-10(14)9(13(18)19-5)12(20-11)16(4)7-6-15(2)3/h6-7,14H2,1-5H3. The molecule has 0 saturated heterocycles. The van der Waals surface area contributed by atoms with Crippen LogP contribution in [-0.2, 0) is 4.74 Å². The van der Waals surface area contributed by atoms with Crippen molar-refractivity contribution in [3.8, 4) is 0 Å². The van der Waals surface area contributed by atoms with Gasteiger partial charge in [-0.3, -0.25) is 4.79 Å². The van der Waals surface area contributed by atoms with Crippen molar-refractivity contribution in [1.82, 2.24) is 4.90 Å². The number of methoxy groups -OCH3 is 1. The van der Waals surface area contributed by atoms with Gasteiger partial charge in [0.25, 0.3) is 0 Å². The van der Waals surface area contributed by atoms with Crippen LogP contribution in [-0.4, -0.2) is 58.0 Å². The molecule has 0 atom stereocenters. The summed E-state index contributed by atoms with van der Waals surface area (Å²) in [6, 6.07) is 0. The third-order valence-corrected chi connectivity index (χ3v) is 4.29. The summed E-state index contributed by atoms with van der Waals surface area (Å²) in [6.07, 6.45) is 0. The maximum absolute atomic E-state index is 11.9. The van der Waals surface area contributed by atoms with Crippen molar-refractivity contribution in [2.75, 3.05) is 52.0 Å². The van der Waals surface area contributed by atoms with Crippen LogP contribution in [0.1, 0.15) is 27.0 Å². The Hall–Kier alpha value is -1.60. The molecule has 7 heteroatoms. The minimum atomic E-state index is -0.516. The summed E-state index contributed by atoms with van der Waals surface area (Å²) >= 11 is 1.23. The first-order valence-electron chi connectivity index (χ1n) is 6.17. The molecule has 0 saturated carbocycles. The summed E-state index contributed by atoms with van der Waals surface area (Å²) in [5.41, 5.74) is 6.42. The van der Waals surface area contributed by atoms with Crippen molar-refractivity contribution in [1.29, 1.82) is 0 Å². The van der Waals surface area contributed by atoms with Crippen molar-refractivity contribution in [3.63, 3.8) is 0 Å². The van der Waals surface area contributed by atoms with Gasteiger partial charge in [0.05, 0.1) is 17.7 Å². The second-order valence-corrected chi connectivity index (χ2v) is 5.80. The van der Waals surface area contributed by atoms with Gasteiger partial charge in [0.2, 0.25) is 0 Å². The molecule has 0 fully saturated rings. The van der Waals surface area contributed by atoms with Gasteiger partial charge in [0.15, 0.2) is 5.78 Å². The molecular weight excluding hydrogens is 278 g/mol. The Kier molecular flexibility index (Phi) is 5.52. The van der Waals surface area contributed by atoms with Crippen LogP contribution in [0.15, 0.2) is 0 Å². The van der Waals surface area contributed by atoms with Gasteiger partial charge < -0.3 is 20.3 Å². The second kappa shape index (κ2) is 6.71. The van der Waals surface area contributed by atoms with E-state index in [0.29, 0.717) is 16.4 Å².